The van der Waals surface area contributed by atoms with Crippen molar-refractivity contribution in [1.82, 2.24) is 14.5 Å². The zero-order chi connectivity index (χ0) is 19.6. The molecule has 0 unspecified atom stereocenters. The third kappa shape index (κ3) is 3.76. The third-order valence-electron chi connectivity index (χ3n) is 5.35. The van der Waals surface area contributed by atoms with Crippen LogP contribution in [-0.4, -0.2) is 34.7 Å². The molecule has 148 valence electrons. The fraction of sp³-hybridized carbons (Fsp3) is 0.600. The molecule has 1 atom stereocenters. The number of piperidine rings is 1. The molecule has 1 fully saturated rings. The first-order chi connectivity index (χ1) is 13.0. The Bertz CT molecular complexity index is 878. The Hall–Kier alpha value is -1.47. The van der Waals surface area contributed by atoms with E-state index in [2.05, 4.69) is 27.8 Å². The van der Waals surface area contributed by atoms with Crippen LogP contribution in [0.15, 0.2) is 15.3 Å². The standard InChI is InChI=1S/C20H27BrFN3O2/c1-4-9-14(24-10-7-6-8-11-24)19-23-18-13(22)12-15(27-3)17(21)16(18)20(26)25(19)5-2/h12,14H,4-11H2,1-3H3/t14-/m1/s1. The van der Waals surface area contributed by atoms with Crippen molar-refractivity contribution < 1.29 is 9.13 Å². The summed E-state index contributed by atoms with van der Waals surface area (Å²) in [7, 11) is 1.46. The van der Waals surface area contributed by atoms with Gasteiger partial charge in [0.05, 0.1) is 23.0 Å². The van der Waals surface area contributed by atoms with E-state index in [0.717, 1.165) is 38.8 Å². The van der Waals surface area contributed by atoms with Gasteiger partial charge >= 0.3 is 0 Å². The summed E-state index contributed by atoms with van der Waals surface area (Å²) < 4.78 is 22.1. The Morgan fingerprint density at radius 2 is 2.00 bits per heavy atom. The van der Waals surface area contributed by atoms with Crippen LogP contribution in [0, 0.1) is 5.82 Å². The summed E-state index contributed by atoms with van der Waals surface area (Å²) in [5.74, 6) is 0.450. The van der Waals surface area contributed by atoms with E-state index in [-0.39, 0.29) is 22.5 Å². The van der Waals surface area contributed by atoms with E-state index in [1.165, 1.54) is 19.6 Å². The molecule has 0 aliphatic carbocycles. The van der Waals surface area contributed by atoms with E-state index < -0.39 is 5.82 Å². The van der Waals surface area contributed by atoms with Crippen LogP contribution in [0.25, 0.3) is 10.9 Å². The van der Waals surface area contributed by atoms with Crippen molar-refractivity contribution >= 4 is 26.8 Å². The van der Waals surface area contributed by atoms with Crippen LogP contribution in [0.3, 0.4) is 0 Å². The molecule has 0 N–H and O–H groups in total. The average molecular weight is 440 g/mol. The highest BCUT2D eigenvalue weighted by Crippen LogP contribution is 2.34. The van der Waals surface area contributed by atoms with Crippen LogP contribution in [0.2, 0.25) is 0 Å². The van der Waals surface area contributed by atoms with Gasteiger partial charge < -0.3 is 4.74 Å². The first-order valence-corrected chi connectivity index (χ1v) is 10.5. The molecule has 1 aromatic heterocycles. The van der Waals surface area contributed by atoms with Gasteiger partial charge in [-0.15, -0.1) is 0 Å². The Labute approximate surface area is 167 Å². The Morgan fingerprint density at radius 3 is 2.59 bits per heavy atom. The quantitative estimate of drug-likeness (QED) is 0.656. The molecule has 5 nitrogen and oxygen atoms in total. The average Bonchev–Trinajstić information content (AvgIpc) is 2.69. The summed E-state index contributed by atoms with van der Waals surface area (Å²) in [6.45, 7) is 6.56. The predicted molar refractivity (Wildman–Crippen MR) is 109 cm³/mol. The number of hydrogen-bond acceptors (Lipinski definition) is 4. The third-order valence-corrected chi connectivity index (χ3v) is 6.13. The van der Waals surface area contributed by atoms with E-state index in [9.17, 15) is 9.18 Å². The second-order valence-corrected chi connectivity index (χ2v) is 7.81. The highest BCUT2D eigenvalue weighted by Gasteiger charge is 2.28. The highest BCUT2D eigenvalue weighted by atomic mass is 79.9. The molecule has 2 heterocycles. The van der Waals surface area contributed by atoms with E-state index in [4.69, 9.17) is 9.72 Å². The molecule has 0 amide bonds. The van der Waals surface area contributed by atoms with Crippen molar-refractivity contribution in [3.8, 4) is 5.75 Å². The maximum atomic E-state index is 14.8. The first kappa shape index (κ1) is 20.3. The lowest BCUT2D eigenvalue weighted by Crippen LogP contribution is -2.38. The van der Waals surface area contributed by atoms with Crippen LogP contribution in [0.4, 0.5) is 4.39 Å². The van der Waals surface area contributed by atoms with E-state index in [1.54, 1.807) is 4.57 Å². The minimum Gasteiger partial charge on any atom is -0.495 e. The van der Waals surface area contributed by atoms with Crippen LogP contribution < -0.4 is 10.3 Å². The first-order valence-electron chi connectivity index (χ1n) is 9.73. The number of hydrogen-bond donors (Lipinski definition) is 0. The van der Waals surface area contributed by atoms with E-state index in [1.807, 2.05) is 6.92 Å². The van der Waals surface area contributed by atoms with Crippen molar-refractivity contribution in [1.29, 1.82) is 0 Å². The molecule has 3 rings (SSSR count). The van der Waals surface area contributed by atoms with Gasteiger partial charge in [0.1, 0.15) is 17.1 Å². The summed E-state index contributed by atoms with van der Waals surface area (Å²) in [6.07, 6.45) is 5.43. The summed E-state index contributed by atoms with van der Waals surface area (Å²) in [4.78, 5) is 20.4. The molecular formula is C20H27BrFN3O2. The zero-order valence-electron chi connectivity index (χ0n) is 16.2. The molecule has 1 saturated heterocycles. The normalized spacial score (nSPS) is 16.6. The van der Waals surface area contributed by atoms with Crippen molar-refractivity contribution in [2.75, 3.05) is 20.2 Å². The molecule has 0 spiro atoms. The van der Waals surface area contributed by atoms with Gasteiger partial charge in [-0.2, -0.15) is 0 Å². The lowest BCUT2D eigenvalue weighted by Gasteiger charge is -2.35. The van der Waals surface area contributed by atoms with Gasteiger partial charge in [0, 0.05) is 12.6 Å². The van der Waals surface area contributed by atoms with Gasteiger partial charge in [-0.3, -0.25) is 14.3 Å². The van der Waals surface area contributed by atoms with Crippen molar-refractivity contribution in [2.24, 2.45) is 0 Å². The van der Waals surface area contributed by atoms with Crippen molar-refractivity contribution in [3.05, 3.63) is 32.5 Å². The number of fused-ring (bicyclic) bond motifs is 1. The summed E-state index contributed by atoms with van der Waals surface area (Å²) in [6, 6.07) is 1.32. The van der Waals surface area contributed by atoms with Gasteiger partial charge in [-0.25, -0.2) is 9.37 Å². The SMILES string of the molecule is CCC[C@H](c1nc2c(F)cc(OC)c(Br)c2c(=O)n1CC)N1CCCCC1. The molecule has 0 radical (unpaired) electrons. The minimum atomic E-state index is -0.527. The second-order valence-electron chi connectivity index (χ2n) is 7.02. The topological polar surface area (TPSA) is 47.4 Å². The monoisotopic (exact) mass is 439 g/mol. The fourth-order valence-electron chi connectivity index (χ4n) is 4.00. The Kier molecular flexibility index (Phi) is 6.52. The predicted octanol–water partition coefficient (Wildman–Crippen LogP) is 4.65. The smallest absolute Gasteiger partial charge is 0.262 e. The van der Waals surface area contributed by atoms with Gasteiger partial charge in [0.25, 0.3) is 5.56 Å². The number of nitrogens with zero attached hydrogens (tertiary/aromatic N) is 3. The Balaban J connectivity index is 2.25. The lowest BCUT2D eigenvalue weighted by molar-refractivity contribution is 0.144. The molecule has 7 heteroatoms. The maximum Gasteiger partial charge on any atom is 0.262 e. The largest absolute Gasteiger partial charge is 0.495 e. The number of aromatic nitrogens is 2. The van der Waals surface area contributed by atoms with Crippen LogP contribution in [0.1, 0.15) is 57.8 Å². The molecule has 1 aliphatic heterocycles. The summed E-state index contributed by atoms with van der Waals surface area (Å²) in [5.41, 5.74) is -0.106. The molecule has 0 bridgehead atoms. The van der Waals surface area contributed by atoms with Crippen molar-refractivity contribution in [3.63, 3.8) is 0 Å². The maximum absolute atomic E-state index is 14.8. The van der Waals surface area contributed by atoms with Crippen molar-refractivity contribution in [2.45, 2.75) is 58.5 Å². The lowest BCUT2D eigenvalue weighted by atomic mass is 10.0. The minimum absolute atomic E-state index is 0.0348. The zero-order valence-corrected chi connectivity index (χ0v) is 17.8. The van der Waals surface area contributed by atoms with E-state index >= 15 is 0 Å². The van der Waals surface area contributed by atoms with Gasteiger partial charge in [-0.1, -0.05) is 19.8 Å². The number of methoxy groups -OCH3 is 1. The molecule has 1 aromatic carbocycles. The number of benzene rings is 1. The summed E-state index contributed by atoms with van der Waals surface area (Å²) in [5, 5.41) is 0.242. The number of ether oxygens (including phenoxy) is 1. The number of rotatable bonds is 6. The van der Waals surface area contributed by atoms with E-state index in [0.29, 0.717) is 22.6 Å². The number of halogens is 2. The Morgan fingerprint density at radius 1 is 1.30 bits per heavy atom. The van der Waals surface area contributed by atoms with Gasteiger partial charge in [-0.05, 0) is 55.2 Å². The number of likely N-dealkylation sites (tertiary alicyclic amines) is 1. The van der Waals surface area contributed by atoms with Gasteiger partial charge in [0.15, 0.2) is 5.82 Å². The van der Waals surface area contributed by atoms with Crippen LogP contribution >= 0.6 is 15.9 Å². The fourth-order valence-corrected chi connectivity index (χ4v) is 4.63. The molecule has 27 heavy (non-hydrogen) atoms. The van der Waals surface area contributed by atoms with Gasteiger partial charge in [0.2, 0.25) is 0 Å². The summed E-state index contributed by atoms with van der Waals surface area (Å²) >= 11 is 3.40. The molecule has 1 aliphatic rings. The van der Waals surface area contributed by atoms with Crippen LogP contribution in [-0.2, 0) is 6.54 Å². The molecule has 2 aromatic rings. The van der Waals surface area contributed by atoms with Crippen LogP contribution in [0.5, 0.6) is 5.75 Å². The second kappa shape index (κ2) is 8.69. The molecule has 0 saturated carbocycles. The molecular weight excluding hydrogens is 413 g/mol. The highest BCUT2D eigenvalue weighted by molar-refractivity contribution is 9.10.